The molecule has 0 bridgehead atoms. The molecule has 0 atom stereocenters. The van der Waals surface area contributed by atoms with E-state index in [0.717, 1.165) is 48.5 Å². The first-order valence-corrected chi connectivity index (χ1v) is 12.0. The van der Waals surface area contributed by atoms with Gasteiger partial charge < -0.3 is 9.72 Å². The maximum absolute atomic E-state index is 12.8. The third kappa shape index (κ3) is 5.73. The molecule has 1 N–H and O–H groups in total. The molecule has 3 heterocycles. The van der Waals surface area contributed by atoms with Crippen LogP contribution in [0.25, 0.3) is 11.3 Å². The summed E-state index contributed by atoms with van der Waals surface area (Å²) in [7, 11) is 0. The van der Waals surface area contributed by atoms with Crippen molar-refractivity contribution in [2.45, 2.75) is 63.9 Å². The number of benzene rings is 1. The second-order valence-electron chi connectivity index (χ2n) is 9.30. The van der Waals surface area contributed by atoms with Gasteiger partial charge in [-0.3, -0.25) is 14.7 Å². The summed E-state index contributed by atoms with van der Waals surface area (Å²) in [5.74, 6) is 0.940. The third-order valence-electron chi connectivity index (χ3n) is 6.75. The van der Waals surface area contributed by atoms with Gasteiger partial charge in [-0.2, -0.15) is 0 Å². The molecule has 0 unspecified atom stereocenters. The number of H-pyrrole nitrogens is 1. The summed E-state index contributed by atoms with van der Waals surface area (Å²) in [6, 6.07) is 9.46. The van der Waals surface area contributed by atoms with Crippen LogP contribution in [0.1, 0.15) is 60.7 Å². The molecule has 0 saturated heterocycles. The number of rotatable bonds is 5. The first-order chi connectivity index (χ1) is 16.8. The van der Waals surface area contributed by atoms with Gasteiger partial charge in [0.2, 0.25) is 0 Å². The van der Waals surface area contributed by atoms with Gasteiger partial charge in [-0.25, -0.2) is 4.98 Å². The number of alkyl halides is 3. The van der Waals surface area contributed by atoms with E-state index in [1.165, 1.54) is 37.5 Å². The minimum atomic E-state index is -4.74. The van der Waals surface area contributed by atoms with Gasteiger partial charge in [0, 0.05) is 43.7 Å². The van der Waals surface area contributed by atoms with Gasteiger partial charge >= 0.3 is 6.36 Å². The first-order valence-electron chi connectivity index (χ1n) is 12.0. The second-order valence-corrected chi connectivity index (χ2v) is 9.30. The number of hydrogen-bond acceptors (Lipinski definition) is 5. The van der Waals surface area contributed by atoms with E-state index in [-0.39, 0.29) is 11.3 Å². The molecule has 2 aromatic heterocycles. The van der Waals surface area contributed by atoms with Gasteiger partial charge in [0.25, 0.3) is 5.56 Å². The van der Waals surface area contributed by atoms with Crippen LogP contribution in [0.4, 0.5) is 13.2 Å². The van der Waals surface area contributed by atoms with Crippen molar-refractivity contribution in [3.63, 3.8) is 0 Å². The number of pyridine rings is 1. The summed E-state index contributed by atoms with van der Waals surface area (Å²) in [6.45, 7) is 1.95. The molecule has 35 heavy (non-hydrogen) atoms. The Kier molecular flexibility index (Phi) is 6.60. The predicted molar refractivity (Wildman–Crippen MR) is 125 cm³/mol. The van der Waals surface area contributed by atoms with Crippen LogP contribution in [0, 0.1) is 0 Å². The lowest BCUT2D eigenvalue weighted by atomic mass is 9.88. The Morgan fingerprint density at radius 2 is 1.94 bits per heavy atom. The molecule has 184 valence electrons. The van der Waals surface area contributed by atoms with E-state index in [4.69, 9.17) is 4.98 Å². The van der Waals surface area contributed by atoms with E-state index < -0.39 is 6.36 Å². The second kappa shape index (κ2) is 9.81. The summed E-state index contributed by atoms with van der Waals surface area (Å²) in [5, 5.41) is 0. The van der Waals surface area contributed by atoms with Crippen LogP contribution in [-0.2, 0) is 19.5 Å². The van der Waals surface area contributed by atoms with Crippen LogP contribution in [0.5, 0.6) is 5.75 Å². The standard InChI is InChI=1S/C26H27F3N4O2/c27-26(28,29)35-20-8-4-7-19(13-20)22-10-9-17(14-30-22)15-33-12-11-23-21(16-33)25(34)32-24(31-23)18-5-2-1-3-6-18/h4,7-10,13-14,18H,1-3,5-6,11-12,15-16H2,(H,31,32,34). The van der Waals surface area contributed by atoms with Gasteiger partial charge in [0.15, 0.2) is 0 Å². The van der Waals surface area contributed by atoms with Crippen LogP contribution in [-0.4, -0.2) is 32.8 Å². The Morgan fingerprint density at radius 3 is 2.69 bits per heavy atom. The van der Waals surface area contributed by atoms with Gasteiger partial charge in [0.1, 0.15) is 11.6 Å². The lowest BCUT2D eigenvalue weighted by molar-refractivity contribution is -0.274. The fraction of sp³-hybridized carbons (Fsp3) is 0.423. The molecule has 0 radical (unpaired) electrons. The average Bonchev–Trinajstić information content (AvgIpc) is 2.84. The highest BCUT2D eigenvalue weighted by molar-refractivity contribution is 5.61. The number of ether oxygens (including phenoxy) is 1. The summed E-state index contributed by atoms with van der Waals surface area (Å²) < 4.78 is 41.5. The highest BCUT2D eigenvalue weighted by Crippen LogP contribution is 2.31. The molecule has 1 fully saturated rings. The lowest BCUT2D eigenvalue weighted by Crippen LogP contribution is -2.36. The average molecular weight is 485 g/mol. The Labute approximate surface area is 201 Å². The third-order valence-corrected chi connectivity index (χ3v) is 6.75. The van der Waals surface area contributed by atoms with Gasteiger partial charge in [-0.1, -0.05) is 37.5 Å². The molecule has 1 saturated carbocycles. The molecular formula is C26H27F3N4O2. The van der Waals surface area contributed by atoms with Crippen molar-refractivity contribution in [2.24, 2.45) is 0 Å². The molecule has 1 aliphatic heterocycles. The van der Waals surface area contributed by atoms with Gasteiger partial charge in [-0.15, -0.1) is 13.2 Å². The van der Waals surface area contributed by atoms with Gasteiger partial charge in [0.05, 0.1) is 17.0 Å². The Morgan fingerprint density at radius 1 is 1.11 bits per heavy atom. The largest absolute Gasteiger partial charge is 0.573 e. The summed E-state index contributed by atoms with van der Waals surface area (Å²) in [5.41, 5.74) is 3.68. The minimum Gasteiger partial charge on any atom is -0.406 e. The smallest absolute Gasteiger partial charge is 0.406 e. The van der Waals surface area contributed by atoms with Crippen molar-refractivity contribution >= 4 is 0 Å². The van der Waals surface area contributed by atoms with E-state index in [0.29, 0.717) is 30.3 Å². The van der Waals surface area contributed by atoms with Crippen molar-refractivity contribution in [1.29, 1.82) is 0 Å². The van der Waals surface area contributed by atoms with E-state index >= 15 is 0 Å². The van der Waals surface area contributed by atoms with Crippen molar-refractivity contribution in [3.05, 3.63) is 75.6 Å². The fourth-order valence-corrected chi connectivity index (χ4v) is 5.00. The molecule has 2 aliphatic rings. The monoisotopic (exact) mass is 484 g/mol. The number of hydrogen-bond donors (Lipinski definition) is 1. The SMILES string of the molecule is O=c1[nH]c(C2CCCCC2)nc2c1CN(Cc1ccc(-c3cccc(OC(F)(F)F)c3)nc1)CC2. The molecule has 6 nitrogen and oxygen atoms in total. The molecule has 1 aromatic carbocycles. The van der Waals surface area contributed by atoms with E-state index in [1.54, 1.807) is 18.3 Å². The normalized spacial score (nSPS) is 17.2. The minimum absolute atomic E-state index is 0.0327. The maximum atomic E-state index is 12.8. The quantitative estimate of drug-likeness (QED) is 0.530. The molecule has 0 amide bonds. The zero-order chi connectivity index (χ0) is 24.4. The van der Waals surface area contributed by atoms with Crippen molar-refractivity contribution in [3.8, 4) is 17.0 Å². The zero-order valence-corrected chi connectivity index (χ0v) is 19.3. The molecule has 5 rings (SSSR count). The fourth-order valence-electron chi connectivity index (χ4n) is 5.00. The number of nitrogens with zero attached hydrogens (tertiary/aromatic N) is 3. The van der Waals surface area contributed by atoms with Gasteiger partial charge in [-0.05, 0) is 36.6 Å². The van der Waals surface area contributed by atoms with E-state index in [2.05, 4.69) is 19.6 Å². The number of nitrogens with one attached hydrogen (secondary N) is 1. The summed E-state index contributed by atoms with van der Waals surface area (Å²) in [4.78, 5) is 27.3. The van der Waals surface area contributed by atoms with Crippen molar-refractivity contribution < 1.29 is 17.9 Å². The number of halogens is 3. The topological polar surface area (TPSA) is 71.1 Å². The lowest BCUT2D eigenvalue weighted by Gasteiger charge is -2.28. The molecule has 1 aliphatic carbocycles. The van der Waals surface area contributed by atoms with Crippen molar-refractivity contribution in [2.75, 3.05) is 6.54 Å². The number of aromatic amines is 1. The van der Waals surface area contributed by atoms with Crippen LogP contribution in [0.2, 0.25) is 0 Å². The Bertz CT molecular complexity index is 1230. The van der Waals surface area contributed by atoms with E-state index in [9.17, 15) is 18.0 Å². The molecular weight excluding hydrogens is 457 g/mol. The highest BCUT2D eigenvalue weighted by atomic mass is 19.4. The number of aromatic nitrogens is 3. The summed E-state index contributed by atoms with van der Waals surface area (Å²) in [6.07, 6.45) is 3.55. The molecule has 3 aromatic rings. The van der Waals surface area contributed by atoms with Crippen LogP contribution < -0.4 is 10.3 Å². The molecule has 0 spiro atoms. The Balaban J connectivity index is 1.25. The van der Waals surface area contributed by atoms with E-state index in [1.807, 2.05) is 6.07 Å². The Hall–Kier alpha value is -3.20. The molecule has 9 heteroatoms. The number of fused-ring (bicyclic) bond motifs is 1. The first kappa shape index (κ1) is 23.5. The van der Waals surface area contributed by atoms with Crippen LogP contribution >= 0.6 is 0 Å². The van der Waals surface area contributed by atoms with Crippen molar-refractivity contribution in [1.82, 2.24) is 19.9 Å². The zero-order valence-electron chi connectivity index (χ0n) is 19.3. The van der Waals surface area contributed by atoms with Crippen LogP contribution in [0.15, 0.2) is 47.4 Å². The predicted octanol–water partition coefficient (Wildman–Crippen LogP) is 5.34. The summed E-state index contributed by atoms with van der Waals surface area (Å²) >= 11 is 0. The van der Waals surface area contributed by atoms with Crippen LogP contribution in [0.3, 0.4) is 0 Å². The maximum Gasteiger partial charge on any atom is 0.573 e. The highest BCUT2D eigenvalue weighted by Gasteiger charge is 2.31.